The van der Waals surface area contributed by atoms with Crippen LogP contribution in [-0.2, 0) is 11.2 Å². The summed E-state index contributed by atoms with van der Waals surface area (Å²) >= 11 is 0. The van der Waals surface area contributed by atoms with Gasteiger partial charge in [0, 0.05) is 32.4 Å². The number of carbonyl (C=O) groups is 3. The van der Waals surface area contributed by atoms with Gasteiger partial charge in [-0.2, -0.15) is 0 Å². The van der Waals surface area contributed by atoms with Crippen molar-refractivity contribution in [2.75, 3.05) is 31.4 Å². The molecule has 0 unspecified atom stereocenters. The molecular formula is C23H21N5O3. The molecule has 2 heterocycles. The molecule has 0 spiro atoms. The predicted molar refractivity (Wildman–Crippen MR) is 117 cm³/mol. The van der Waals surface area contributed by atoms with E-state index < -0.39 is 5.91 Å². The largest absolute Gasteiger partial charge is 0.378 e. The molecule has 4 rings (SSSR count). The topological polar surface area (TPSA) is 95.5 Å². The fraction of sp³-hybridized carbons (Fsp3) is 0.174. The van der Waals surface area contributed by atoms with Crippen molar-refractivity contribution in [2.45, 2.75) is 6.42 Å². The number of amides is 3. The lowest BCUT2D eigenvalue weighted by Gasteiger charge is -2.16. The number of carbonyl (C=O) groups excluding carboxylic acids is 3. The van der Waals surface area contributed by atoms with Crippen LogP contribution in [0.3, 0.4) is 0 Å². The average molecular weight is 415 g/mol. The number of benzene rings is 2. The minimum atomic E-state index is -0.403. The van der Waals surface area contributed by atoms with E-state index in [1.54, 1.807) is 24.3 Å². The van der Waals surface area contributed by atoms with Gasteiger partial charge in [0.05, 0.1) is 23.2 Å². The van der Waals surface area contributed by atoms with Crippen LogP contribution in [0, 0.1) is 0 Å². The molecule has 0 atom stereocenters. The Balaban J connectivity index is 1.56. The molecule has 1 aliphatic heterocycles. The number of nitrogens with zero attached hydrogens (tertiary/aromatic N) is 4. The Morgan fingerprint density at radius 1 is 1.00 bits per heavy atom. The first kappa shape index (κ1) is 20.2. The van der Waals surface area contributed by atoms with Crippen LogP contribution < -0.4 is 10.2 Å². The normalized spacial score (nSPS) is 12.7. The maximum absolute atomic E-state index is 12.7. The zero-order chi connectivity index (χ0) is 22.1. The van der Waals surface area contributed by atoms with Gasteiger partial charge >= 0.3 is 0 Å². The highest BCUT2D eigenvalue weighted by atomic mass is 16.2. The first-order valence-corrected chi connectivity index (χ1v) is 9.71. The summed E-state index contributed by atoms with van der Waals surface area (Å²) in [5, 5.41) is 10.9. The molecule has 3 aromatic rings. The van der Waals surface area contributed by atoms with E-state index in [0.717, 1.165) is 16.2 Å². The van der Waals surface area contributed by atoms with E-state index in [4.69, 9.17) is 0 Å². The van der Waals surface area contributed by atoms with Crippen LogP contribution in [0.2, 0.25) is 0 Å². The quantitative estimate of drug-likeness (QED) is 0.644. The molecule has 1 aromatic heterocycles. The molecule has 31 heavy (non-hydrogen) atoms. The fourth-order valence-corrected chi connectivity index (χ4v) is 3.47. The predicted octanol–water partition coefficient (Wildman–Crippen LogP) is 2.62. The highest BCUT2D eigenvalue weighted by molar-refractivity contribution is 6.22. The number of imide groups is 1. The Labute approximate surface area is 179 Å². The van der Waals surface area contributed by atoms with Crippen LogP contribution in [0.5, 0.6) is 0 Å². The maximum atomic E-state index is 12.7. The van der Waals surface area contributed by atoms with Gasteiger partial charge in [0.1, 0.15) is 0 Å². The molecule has 0 aliphatic carbocycles. The van der Waals surface area contributed by atoms with Crippen molar-refractivity contribution in [3.8, 4) is 11.3 Å². The van der Waals surface area contributed by atoms with Gasteiger partial charge in [0.2, 0.25) is 5.91 Å². The Morgan fingerprint density at radius 3 is 2.39 bits per heavy atom. The minimum Gasteiger partial charge on any atom is -0.378 e. The van der Waals surface area contributed by atoms with Gasteiger partial charge in [-0.15, -0.1) is 10.2 Å². The smallest absolute Gasteiger partial charge is 0.261 e. The third kappa shape index (κ3) is 3.87. The number of fused-ring (bicyclic) bond motifs is 1. The second kappa shape index (κ2) is 7.98. The molecule has 2 aromatic carbocycles. The zero-order valence-electron chi connectivity index (χ0n) is 17.4. The Bertz CT molecular complexity index is 1170. The highest BCUT2D eigenvalue weighted by Gasteiger charge is 2.36. The summed E-state index contributed by atoms with van der Waals surface area (Å²) in [7, 11) is 5.11. The molecule has 0 fully saturated rings. The molecule has 1 aliphatic rings. The van der Waals surface area contributed by atoms with Crippen molar-refractivity contribution in [1.82, 2.24) is 15.1 Å². The molecule has 0 radical (unpaired) electrons. The second-order valence-corrected chi connectivity index (χ2v) is 7.49. The number of hydrogen-bond acceptors (Lipinski definition) is 6. The summed E-state index contributed by atoms with van der Waals surface area (Å²) in [5.41, 5.74) is 3.45. The minimum absolute atomic E-state index is 0.0704. The zero-order valence-corrected chi connectivity index (χ0v) is 17.4. The molecule has 0 saturated heterocycles. The standard InChI is InChI=1S/C23H21N5O3/c1-27(2)16-11-15(21-17(13-16)22(30)28(3)23(21)31)12-20(29)24-19-10-9-18(25-26-19)14-7-5-4-6-8-14/h4-11,13H,12H2,1-3H3,(H,24,26,29). The Morgan fingerprint density at radius 2 is 1.74 bits per heavy atom. The fourth-order valence-electron chi connectivity index (χ4n) is 3.47. The van der Waals surface area contributed by atoms with E-state index in [9.17, 15) is 14.4 Å². The van der Waals surface area contributed by atoms with Gasteiger partial charge in [0.25, 0.3) is 11.8 Å². The molecular weight excluding hydrogens is 394 g/mol. The summed E-state index contributed by atoms with van der Waals surface area (Å²) in [6.45, 7) is 0. The van der Waals surface area contributed by atoms with Crippen molar-refractivity contribution >= 4 is 29.2 Å². The first-order valence-electron chi connectivity index (χ1n) is 9.71. The molecule has 0 bridgehead atoms. The molecule has 0 saturated carbocycles. The van der Waals surface area contributed by atoms with Crippen molar-refractivity contribution < 1.29 is 14.4 Å². The summed E-state index contributed by atoms with van der Waals surface area (Å²) in [5.74, 6) is -0.813. The van der Waals surface area contributed by atoms with Gasteiger partial charge in [-0.3, -0.25) is 19.3 Å². The van der Waals surface area contributed by atoms with Crippen LogP contribution in [0.15, 0.2) is 54.6 Å². The van der Waals surface area contributed by atoms with Crippen LogP contribution in [0.4, 0.5) is 11.5 Å². The number of nitrogens with one attached hydrogen (secondary N) is 1. The second-order valence-electron chi connectivity index (χ2n) is 7.49. The van der Waals surface area contributed by atoms with Gasteiger partial charge in [-0.05, 0) is 29.8 Å². The Hall–Kier alpha value is -4.07. The van der Waals surface area contributed by atoms with Gasteiger partial charge < -0.3 is 10.2 Å². The summed E-state index contributed by atoms with van der Waals surface area (Å²) in [6, 6.07) is 16.5. The molecule has 8 nitrogen and oxygen atoms in total. The highest BCUT2D eigenvalue weighted by Crippen LogP contribution is 2.30. The van der Waals surface area contributed by atoms with Crippen LogP contribution in [0.25, 0.3) is 11.3 Å². The first-order chi connectivity index (χ1) is 14.8. The number of rotatable bonds is 5. The lowest BCUT2D eigenvalue weighted by molar-refractivity contribution is -0.115. The lowest BCUT2D eigenvalue weighted by Crippen LogP contribution is -2.25. The van der Waals surface area contributed by atoms with Gasteiger partial charge in [-0.25, -0.2) is 0 Å². The number of aromatic nitrogens is 2. The van der Waals surface area contributed by atoms with Gasteiger partial charge in [-0.1, -0.05) is 30.3 Å². The van der Waals surface area contributed by atoms with E-state index in [2.05, 4.69) is 15.5 Å². The van der Waals surface area contributed by atoms with Gasteiger partial charge in [0.15, 0.2) is 5.82 Å². The summed E-state index contributed by atoms with van der Waals surface area (Å²) < 4.78 is 0. The summed E-state index contributed by atoms with van der Waals surface area (Å²) in [6.07, 6.45) is -0.0704. The maximum Gasteiger partial charge on any atom is 0.261 e. The van der Waals surface area contributed by atoms with Crippen molar-refractivity contribution in [1.29, 1.82) is 0 Å². The third-order valence-corrected chi connectivity index (χ3v) is 5.13. The molecule has 1 N–H and O–H groups in total. The van der Waals surface area contributed by atoms with E-state index in [-0.39, 0.29) is 23.8 Å². The third-order valence-electron chi connectivity index (χ3n) is 5.13. The van der Waals surface area contributed by atoms with E-state index in [1.807, 2.05) is 49.3 Å². The average Bonchev–Trinajstić information content (AvgIpc) is 2.99. The number of hydrogen-bond donors (Lipinski definition) is 1. The SMILES string of the molecule is CN1C(=O)c2cc(N(C)C)cc(CC(=O)Nc3ccc(-c4ccccc4)nn3)c2C1=O. The monoisotopic (exact) mass is 415 g/mol. The number of anilines is 2. The molecule has 156 valence electrons. The van der Waals surface area contributed by atoms with Crippen LogP contribution >= 0.6 is 0 Å². The molecule has 3 amide bonds. The van der Waals surface area contributed by atoms with Crippen LogP contribution in [-0.4, -0.2) is 54.0 Å². The Kier molecular flexibility index (Phi) is 5.21. The van der Waals surface area contributed by atoms with E-state index in [1.165, 1.54) is 7.05 Å². The van der Waals surface area contributed by atoms with Crippen molar-refractivity contribution in [3.63, 3.8) is 0 Å². The van der Waals surface area contributed by atoms with Crippen molar-refractivity contribution in [2.24, 2.45) is 0 Å². The van der Waals surface area contributed by atoms with E-state index in [0.29, 0.717) is 22.6 Å². The summed E-state index contributed by atoms with van der Waals surface area (Å²) in [4.78, 5) is 40.6. The lowest BCUT2D eigenvalue weighted by atomic mass is 9.98. The molecule has 8 heteroatoms. The van der Waals surface area contributed by atoms with Crippen LogP contribution in [0.1, 0.15) is 26.3 Å². The van der Waals surface area contributed by atoms with Crippen molar-refractivity contribution in [3.05, 3.63) is 71.3 Å². The van der Waals surface area contributed by atoms with E-state index >= 15 is 0 Å².